The van der Waals surface area contributed by atoms with Gasteiger partial charge in [0.05, 0.1) is 30.5 Å². The Morgan fingerprint density at radius 3 is 2.47 bits per heavy atom. The van der Waals surface area contributed by atoms with E-state index in [-0.39, 0.29) is 23.8 Å². The number of fused-ring (bicyclic) bond motifs is 1. The first kappa shape index (κ1) is 27.0. The van der Waals surface area contributed by atoms with Crippen LogP contribution in [-0.4, -0.2) is 70.2 Å². The number of anilines is 1. The van der Waals surface area contributed by atoms with E-state index in [1.54, 1.807) is 4.90 Å². The van der Waals surface area contributed by atoms with Gasteiger partial charge in [0.25, 0.3) is 5.91 Å². The van der Waals surface area contributed by atoms with Gasteiger partial charge in [-0.3, -0.25) is 9.48 Å². The van der Waals surface area contributed by atoms with Crippen LogP contribution >= 0.6 is 0 Å². The van der Waals surface area contributed by atoms with Crippen molar-refractivity contribution in [3.63, 3.8) is 0 Å². The Hall–Kier alpha value is -2.59. The second-order valence-corrected chi connectivity index (χ2v) is 11.2. The zero-order valence-electron chi connectivity index (χ0n) is 22.1. The minimum atomic E-state index is -1.18. The van der Waals surface area contributed by atoms with Crippen LogP contribution < -0.4 is 4.90 Å². The number of aliphatic hydroxyl groups is 1. The van der Waals surface area contributed by atoms with Crippen LogP contribution in [0, 0.1) is 23.4 Å². The number of hydrogen-bond donors (Lipinski definition) is 1. The summed E-state index contributed by atoms with van der Waals surface area (Å²) in [6.45, 7) is 6.51. The summed E-state index contributed by atoms with van der Waals surface area (Å²) in [6.07, 6.45) is 5.05. The number of hydrogen-bond acceptors (Lipinski definition) is 5. The molecule has 0 bridgehead atoms. The van der Waals surface area contributed by atoms with E-state index in [0.29, 0.717) is 56.8 Å². The number of ether oxygens (including phenoxy) is 1. The Balaban J connectivity index is 1.15. The Morgan fingerprint density at radius 2 is 1.76 bits per heavy atom. The van der Waals surface area contributed by atoms with E-state index in [4.69, 9.17) is 4.74 Å². The van der Waals surface area contributed by atoms with Crippen molar-refractivity contribution in [3.05, 3.63) is 46.5 Å². The Labute approximate surface area is 221 Å². The summed E-state index contributed by atoms with van der Waals surface area (Å²) in [5.74, 6) is -2.67. The fourth-order valence-corrected chi connectivity index (χ4v) is 6.26. The summed E-state index contributed by atoms with van der Waals surface area (Å²) < 4.78 is 48.6. The number of carbonyl (C=O) groups excluding carboxylic acids is 1. The smallest absolute Gasteiger partial charge is 0.274 e. The topological polar surface area (TPSA) is 70.8 Å². The van der Waals surface area contributed by atoms with Crippen LogP contribution in [-0.2, 0) is 24.1 Å². The predicted molar refractivity (Wildman–Crippen MR) is 137 cm³/mol. The highest BCUT2D eigenvalue weighted by molar-refractivity contribution is 5.94. The maximum Gasteiger partial charge on any atom is 0.274 e. The van der Waals surface area contributed by atoms with Crippen molar-refractivity contribution in [1.82, 2.24) is 14.7 Å². The number of aromatic nitrogens is 2. The van der Waals surface area contributed by atoms with E-state index < -0.39 is 23.6 Å². The van der Waals surface area contributed by atoms with Crippen molar-refractivity contribution in [2.45, 2.75) is 83.6 Å². The molecule has 0 spiro atoms. The number of piperidine rings is 1. The summed E-state index contributed by atoms with van der Waals surface area (Å²) in [6, 6.07) is 1.52. The summed E-state index contributed by atoms with van der Waals surface area (Å²) in [4.78, 5) is 16.9. The van der Waals surface area contributed by atoms with E-state index in [1.165, 1.54) is 0 Å². The first-order valence-electron chi connectivity index (χ1n) is 13.8. The van der Waals surface area contributed by atoms with Crippen LogP contribution in [0.1, 0.15) is 67.7 Å². The molecule has 0 radical (unpaired) electrons. The molecule has 5 rings (SSSR count). The molecule has 2 aromatic rings. The fraction of sp³-hybridized carbons (Fsp3) is 0.643. The minimum absolute atomic E-state index is 0.0117. The van der Waals surface area contributed by atoms with Crippen LogP contribution in [0.5, 0.6) is 0 Å². The Morgan fingerprint density at radius 1 is 1.08 bits per heavy atom. The van der Waals surface area contributed by atoms with Gasteiger partial charge in [0.2, 0.25) is 0 Å². The van der Waals surface area contributed by atoms with Gasteiger partial charge in [-0.2, -0.15) is 5.10 Å². The molecule has 2 fully saturated rings. The average molecular weight is 535 g/mol. The largest absolute Gasteiger partial charge is 0.391 e. The molecule has 10 heteroatoms. The molecule has 1 aromatic carbocycles. The normalized spacial score (nSPS) is 23.1. The third-order valence-electron chi connectivity index (χ3n) is 8.15. The number of carbonyl (C=O) groups is 1. The first-order chi connectivity index (χ1) is 18.2. The predicted octanol–water partition coefficient (Wildman–Crippen LogP) is 4.10. The molecule has 1 N–H and O–H groups in total. The van der Waals surface area contributed by atoms with Gasteiger partial charge >= 0.3 is 0 Å². The zero-order chi connectivity index (χ0) is 27.0. The second kappa shape index (κ2) is 11.3. The van der Waals surface area contributed by atoms with Crippen molar-refractivity contribution in [2.75, 3.05) is 31.1 Å². The monoisotopic (exact) mass is 534 g/mol. The summed E-state index contributed by atoms with van der Waals surface area (Å²) in [5.41, 5.74) is 2.69. The number of amides is 1. The van der Waals surface area contributed by atoms with Crippen LogP contribution in [0.2, 0.25) is 0 Å². The maximum absolute atomic E-state index is 14.1. The van der Waals surface area contributed by atoms with Gasteiger partial charge in [-0.15, -0.1) is 0 Å². The molecule has 1 aliphatic carbocycles. The van der Waals surface area contributed by atoms with Crippen LogP contribution in [0.4, 0.5) is 18.9 Å². The summed E-state index contributed by atoms with van der Waals surface area (Å²) >= 11 is 0. The molecule has 0 saturated carbocycles. The molecular formula is C28H37F3N4O3. The highest BCUT2D eigenvalue weighted by atomic mass is 19.2. The van der Waals surface area contributed by atoms with Gasteiger partial charge in [0.15, 0.2) is 17.3 Å². The van der Waals surface area contributed by atoms with Gasteiger partial charge in [-0.1, -0.05) is 0 Å². The minimum Gasteiger partial charge on any atom is -0.391 e. The lowest BCUT2D eigenvalue weighted by molar-refractivity contribution is -0.0587. The number of aliphatic hydroxyl groups excluding tert-OH is 1. The van der Waals surface area contributed by atoms with E-state index in [1.807, 2.05) is 23.4 Å². The van der Waals surface area contributed by atoms with Crippen molar-refractivity contribution in [3.8, 4) is 0 Å². The third-order valence-corrected chi connectivity index (χ3v) is 8.15. The molecule has 2 saturated heterocycles. The van der Waals surface area contributed by atoms with Crippen molar-refractivity contribution < 1.29 is 27.8 Å². The van der Waals surface area contributed by atoms with Crippen molar-refractivity contribution in [2.24, 2.45) is 5.92 Å². The zero-order valence-corrected chi connectivity index (χ0v) is 22.1. The molecule has 7 nitrogen and oxygen atoms in total. The molecule has 1 amide bonds. The Bertz CT molecular complexity index is 1150. The van der Waals surface area contributed by atoms with Crippen molar-refractivity contribution >= 4 is 11.6 Å². The van der Waals surface area contributed by atoms with Gasteiger partial charge in [-0.05, 0) is 64.7 Å². The average Bonchev–Trinajstić information content (AvgIpc) is 3.48. The van der Waals surface area contributed by atoms with Gasteiger partial charge < -0.3 is 19.6 Å². The first-order valence-corrected chi connectivity index (χ1v) is 13.8. The van der Waals surface area contributed by atoms with Crippen LogP contribution in [0.3, 0.4) is 0 Å². The third kappa shape index (κ3) is 5.71. The van der Waals surface area contributed by atoms with E-state index in [0.717, 1.165) is 55.8 Å². The lowest BCUT2D eigenvalue weighted by Crippen LogP contribution is -2.48. The van der Waals surface area contributed by atoms with Crippen LogP contribution in [0.15, 0.2) is 12.1 Å². The lowest BCUT2D eigenvalue weighted by Gasteiger charge is -2.35. The molecule has 1 unspecified atom stereocenters. The Kier molecular flexibility index (Phi) is 8.00. The molecule has 3 heterocycles. The molecule has 208 valence electrons. The highest BCUT2D eigenvalue weighted by Crippen LogP contribution is 2.31. The fourth-order valence-electron chi connectivity index (χ4n) is 6.26. The molecule has 3 atom stereocenters. The van der Waals surface area contributed by atoms with Gasteiger partial charge in [0.1, 0.15) is 5.82 Å². The number of rotatable bonds is 7. The highest BCUT2D eigenvalue weighted by Gasteiger charge is 2.33. The molecule has 3 aliphatic rings. The van der Waals surface area contributed by atoms with Crippen molar-refractivity contribution in [1.29, 1.82) is 0 Å². The summed E-state index contributed by atoms with van der Waals surface area (Å²) in [5, 5.41) is 15.5. The quantitative estimate of drug-likeness (QED) is 0.542. The number of halogens is 3. The molecule has 2 aliphatic heterocycles. The van der Waals surface area contributed by atoms with E-state index in [2.05, 4.69) is 5.10 Å². The number of nitrogens with zero attached hydrogens (tertiary/aromatic N) is 4. The molecule has 38 heavy (non-hydrogen) atoms. The lowest BCUT2D eigenvalue weighted by atomic mass is 9.90. The van der Waals surface area contributed by atoms with E-state index >= 15 is 0 Å². The van der Waals surface area contributed by atoms with Gasteiger partial charge in [-0.25, -0.2) is 13.2 Å². The summed E-state index contributed by atoms with van der Waals surface area (Å²) in [7, 11) is 0. The number of morpholine rings is 1. The molecular weight excluding hydrogens is 497 g/mol. The SMILES string of the molecule is C[C@@H]1CN(C(=O)c2nn(CC(O)CCC3CCN(c4cc(F)c(F)cc4F)CC3)c3c2CCC3)C[C@H](C)O1. The van der Waals surface area contributed by atoms with E-state index in [9.17, 15) is 23.1 Å². The second-order valence-electron chi connectivity index (χ2n) is 11.2. The number of benzene rings is 1. The molecule has 1 aromatic heterocycles. The standard InChI is InChI=1S/C28H37F3N4O3/c1-17-14-34(15-18(2)38-17)28(37)27-21-4-3-5-25(21)35(32-27)16-20(36)7-6-19-8-10-33(11-9-19)26-13-23(30)22(29)12-24(26)31/h12-13,17-20,36H,3-11,14-16H2,1-2H3/t17-,18+,20?. The van der Waals surface area contributed by atoms with Crippen LogP contribution in [0.25, 0.3) is 0 Å². The maximum atomic E-state index is 14.1. The van der Waals surface area contributed by atoms with Gasteiger partial charge in [0, 0.05) is 49.6 Å².